The Balaban J connectivity index is 1.65. The summed E-state index contributed by atoms with van der Waals surface area (Å²) >= 11 is 1.75. The van der Waals surface area contributed by atoms with Gasteiger partial charge in [0.05, 0.1) is 0 Å². The molecule has 0 bridgehead atoms. The van der Waals surface area contributed by atoms with Crippen molar-refractivity contribution in [2.75, 3.05) is 13.1 Å². The van der Waals surface area contributed by atoms with E-state index >= 15 is 0 Å². The average molecular weight is 299 g/mol. The number of aryl methyl sites for hydroxylation is 1. The van der Waals surface area contributed by atoms with Crippen LogP contribution < -0.4 is 4.74 Å². The van der Waals surface area contributed by atoms with Crippen LogP contribution in [0, 0.1) is 12.8 Å². The number of fused-ring (bicyclic) bond motifs is 1. The highest BCUT2D eigenvalue weighted by Gasteiger charge is 2.29. The first-order chi connectivity index (χ1) is 10.3. The summed E-state index contributed by atoms with van der Waals surface area (Å²) in [6.45, 7) is 5.40. The molecule has 1 saturated carbocycles. The zero-order chi connectivity index (χ0) is 14.2. The average Bonchev–Trinajstić information content (AvgIpc) is 3.14. The van der Waals surface area contributed by atoms with Crippen LogP contribution in [0.15, 0.2) is 35.0 Å². The Hall–Kier alpha value is -1.32. The van der Waals surface area contributed by atoms with Gasteiger partial charge in [-0.1, -0.05) is 17.7 Å². The summed E-state index contributed by atoms with van der Waals surface area (Å²) in [5, 5.41) is 4.37. The molecule has 1 atom stereocenters. The number of hydrogen-bond acceptors (Lipinski definition) is 3. The van der Waals surface area contributed by atoms with Crippen molar-refractivity contribution < 1.29 is 4.74 Å². The van der Waals surface area contributed by atoms with E-state index in [0.717, 1.165) is 24.8 Å². The lowest BCUT2D eigenvalue weighted by atomic mass is 10.1. The van der Waals surface area contributed by atoms with Crippen LogP contribution >= 0.6 is 11.3 Å². The van der Waals surface area contributed by atoms with Gasteiger partial charge in [0.1, 0.15) is 11.9 Å². The molecule has 0 amide bonds. The third-order valence-electron chi connectivity index (χ3n) is 4.43. The molecular weight excluding hydrogens is 278 g/mol. The summed E-state index contributed by atoms with van der Waals surface area (Å²) in [5.74, 6) is 1.98. The van der Waals surface area contributed by atoms with Crippen LogP contribution in [0.1, 0.15) is 35.6 Å². The van der Waals surface area contributed by atoms with Gasteiger partial charge >= 0.3 is 0 Å². The van der Waals surface area contributed by atoms with Gasteiger partial charge in [-0.15, -0.1) is 0 Å². The molecule has 1 aromatic carbocycles. The van der Waals surface area contributed by atoms with Crippen LogP contribution in [0.3, 0.4) is 0 Å². The zero-order valence-corrected chi connectivity index (χ0v) is 13.2. The first-order valence-electron chi connectivity index (χ1n) is 7.78. The lowest BCUT2D eigenvalue weighted by molar-refractivity contribution is 0.145. The van der Waals surface area contributed by atoms with Crippen molar-refractivity contribution in [3.63, 3.8) is 0 Å². The summed E-state index contributed by atoms with van der Waals surface area (Å²) in [4.78, 5) is 2.59. The normalized spacial score (nSPS) is 22.4. The fourth-order valence-corrected chi connectivity index (χ4v) is 3.82. The molecule has 1 fully saturated rings. The number of hydrogen-bond donors (Lipinski definition) is 0. The van der Waals surface area contributed by atoms with Crippen molar-refractivity contribution in [1.82, 2.24) is 4.90 Å². The minimum atomic E-state index is 0.166. The summed E-state index contributed by atoms with van der Waals surface area (Å²) in [5.41, 5.74) is 3.97. The van der Waals surface area contributed by atoms with Crippen molar-refractivity contribution >= 4 is 11.3 Å². The lowest BCUT2D eigenvalue weighted by Gasteiger charge is -2.23. The fourth-order valence-electron chi connectivity index (χ4n) is 3.11. The minimum Gasteiger partial charge on any atom is -0.484 e. The van der Waals surface area contributed by atoms with Gasteiger partial charge in [-0.25, -0.2) is 0 Å². The molecule has 0 unspecified atom stereocenters. The van der Waals surface area contributed by atoms with Crippen LogP contribution in [-0.4, -0.2) is 18.0 Å². The predicted molar refractivity (Wildman–Crippen MR) is 86.9 cm³/mol. The molecule has 0 spiro atoms. The van der Waals surface area contributed by atoms with Gasteiger partial charge in [-0.05, 0) is 48.6 Å². The topological polar surface area (TPSA) is 12.5 Å². The maximum Gasteiger partial charge on any atom is 0.137 e. The van der Waals surface area contributed by atoms with E-state index in [0.29, 0.717) is 0 Å². The number of nitrogens with zero attached hydrogens (tertiary/aromatic N) is 1. The Morgan fingerprint density at radius 1 is 1.29 bits per heavy atom. The molecular formula is C18H21NOS. The van der Waals surface area contributed by atoms with Gasteiger partial charge in [-0.2, -0.15) is 11.3 Å². The van der Waals surface area contributed by atoms with Crippen LogP contribution in [0.5, 0.6) is 5.75 Å². The second-order valence-electron chi connectivity index (χ2n) is 6.41. The minimum absolute atomic E-state index is 0.166. The molecule has 21 heavy (non-hydrogen) atoms. The van der Waals surface area contributed by atoms with E-state index in [2.05, 4.69) is 46.8 Å². The zero-order valence-electron chi connectivity index (χ0n) is 12.4. The number of ether oxygens (including phenoxy) is 1. The molecule has 1 aliphatic heterocycles. The quantitative estimate of drug-likeness (QED) is 0.833. The largest absolute Gasteiger partial charge is 0.484 e. The second-order valence-corrected chi connectivity index (χ2v) is 7.19. The van der Waals surface area contributed by atoms with Crippen molar-refractivity contribution in [3.05, 3.63) is 51.7 Å². The molecule has 3 heteroatoms. The molecule has 2 nitrogen and oxygen atoms in total. The van der Waals surface area contributed by atoms with Crippen molar-refractivity contribution in [2.24, 2.45) is 5.92 Å². The Morgan fingerprint density at radius 3 is 2.95 bits per heavy atom. The Labute approximate surface area is 130 Å². The second kappa shape index (κ2) is 5.47. The maximum atomic E-state index is 6.35. The van der Waals surface area contributed by atoms with Gasteiger partial charge < -0.3 is 4.74 Å². The third kappa shape index (κ3) is 2.99. The van der Waals surface area contributed by atoms with E-state index < -0.39 is 0 Å². The summed E-state index contributed by atoms with van der Waals surface area (Å²) < 4.78 is 6.35. The summed E-state index contributed by atoms with van der Waals surface area (Å²) in [6.07, 6.45) is 2.97. The van der Waals surface area contributed by atoms with Crippen LogP contribution in [0.25, 0.3) is 0 Å². The van der Waals surface area contributed by atoms with Crippen LogP contribution in [0.2, 0.25) is 0 Å². The lowest BCUT2D eigenvalue weighted by Crippen LogP contribution is -2.29. The van der Waals surface area contributed by atoms with Gasteiger partial charge in [0.25, 0.3) is 0 Å². The van der Waals surface area contributed by atoms with E-state index in [-0.39, 0.29) is 6.10 Å². The SMILES string of the molecule is Cc1ccc2c(c1)CN(CC1CC1)C[C@@H](c1ccsc1)O2. The number of rotatable bonds is 3. The highest BCUT2D eigenvalue weighted by Crippen LogP contribution is 2.35. The van der Waals surface area contributed by atoms with Gasteiger partial charge in [0, 0.05) is 30.8 Å². The number of thiophene rings is 1. The molecule has 0 radical (unpaired) electrons. The summed E-state index contributed by atoms with van der Waals surface area (Å²) in [7, 11) is 0. The van der Waals surface area contributed by atoms with Crippen LogP contribution in [-0.2, 0) is 6.54 Å². The van der Waals surface area contributed by atoms with E-state index in [9.17, 15) is 0 Å². The van der Waals surface area contributed by atoms with Crippen LogP contribution in [0.4, 0.5) is 0 Å². The molecule has 0 saturated heterocycles. The third-order valence-corrected chi connectivity index (χ3v) is 5.13. The Bertz CT molecular complexity index is 618. The molecule has 1 aliphatic carbocycles. The highest BCUT2D eigenvalue weighted by molar-refractivity contribution is 7.07. The van der Waals surface area contributed by atoms with Gasteiger partial charge in [0.2, 0.25) is 0 Å². The van der Waals surface area contributed by atoms with E-state index in [1.807, 2.05) is 0 Å². The molecule has 0 N–H and O–H groups in total. The first-order valence-corrected chi connectivity index (χ1v) is 8.73. The Morgan fingerprint density at radius 2 is 2.19 bits per heavy atom. The standard InChI is InChI=1S/C18H21NOS/c1-13-2-5-17-16(8-13)10-19(9-14-3-4-14)11-18(20-17)15-6-7-21-12-15/h2,5-8,12,14,18H,3-4,9-11H2,1H3/t18-/m0/s1. The Kier molecular flexibility index (Phi) is 3.48. The fraction of sp³-hybridized carbons (Fsp3) is 0.444. The first kappa shape index (κ1) is 13.4. The number of benzene rings is 1. The molecule has 110 valence electrons. The highest BCUT2D eigenvalue weighted by atomic mass is 32.1. The molecule has 4 rings (SSSR count). The predicted octanol–water partition coefficient (Wildman–Crippen LogP) is 4.40. The van der Waals surface area contributed by atoms with Gasteiger partial charge in [-0.3, -0.25) is 4.90 Å². The molecule has 2 heterocycles. The van der Waals surface area contributed by atoms with E-state index in [1.54, 1.807) is 11.3 Å². The molecule has 2 aromatic rings. The maximum absolute atomic E-state index is 6.35. The van der Waals surface area contributed by atoms with E-state index in [4.69, 9.17) is 4.74 Å². The molecule has 2 aliphatic rings. The van der Waals surface area contributed by atoms with E-state index in [1.165, 1.54) is 36.1 Å². The van der Waals surface area contributed by atoms with Crippen molar-refractivity contribution in [2.45, 2.75) is 32.4 Å². The monoisotopic (exact) mass is 299 g/mol. The summed E-state index contributed by atoms with van der Waals surface area (Å²) in [6, 6.07) is 8.78. The smallest absolute Gasteiger partial charge is 0.137 e. The molecule has 1 aromatic heterocycles. The van der Waals surface area contributed by atoms with Crippen molar-refractivity contribution in [1.29, 1.82) is 0 Å². The van der Waals surface area contributed by atoms with Crippen molar-refractivity contribution in [3.8, 4) is 5.75 Å². The van der Waals surface area contributed by atoms with Gasteiger partial charge in [0.15, 0.2) is 0 Å².